The smallest absolute Gasteiger partial charge is 0.189 e. The van der Waals surface area contributed by atoms with Gasteiger partial charge in [0.1, 0.15) is 5.75 Å². The fourth-order valence-electron chi connectivity index (χ4n) is 3.01. The van der Waals surface area contributed by atoms with Crippen molar-refractivity contribution in [3.63, 3.8) is 0 Å². The van der Waals surface area contributed by atoms with E-state index in [1.807, 2.05) is 48.5 Å². The standard InChI is InChI=1S/C20H15NO2/c1-23-17-6-5-14-11-16(20(22)18(14)12-17)10-13-4-7-19-15(9-13)3-2-8-21-19/h2-10,12H,11H2,1H3/b16-10+. The predicted octanol–water partition coefficient (Wildman–Crippen LogP) is 4.07. The molecular formula is C20H15NO2. The van der Waals surface area contributed by atoms with Gasteiger partial charge in [-0.25, -0.2) is 0 Å². The molecule has 0 spiro atoms. The highest BCUT2D eigenvalue weighted by atomic mass is 16.5. The number of pyridine rings is 1. The molecule has 2 aromatic carbocycles. The van der Waals surface area contributed by atoms with Crippen LogP contribution in [0.25, 0.3) is 17.0 Å². The number of Topliss-reactive ketones (excluding diaryl/α,β-unsaturated/α-hetero) is 1. The highest BCUT2D eigenvalue weighted by Gasteiger charge is 2.25. The van der Waals surface area contributed by atoms with E-state index in [9.17, 15) is 4.79 Å². The van der Waals surface area contributed by atoms with Gasteiger partial charge in [0.25, 0.3) is 0 Å². The SMILES string of the molecule is COc1ccc2c(c1)C(=O)/C(=C/c1ccc3ncccc3c1)C2. The zero-order valence-corrected chi connectivity index (χ0v) is 12.7. The topological polar surface area (TPSA) is 39.2 Å². The minimum Gasteiger partial charge on any atom is -0.497 e. The number of nitrogens with zero attached hydrogens (tertiary/aromatic N) is 1. The second-order valence-electron chi connectivity index (χ2n) is 5.65. The van der Waals surface area contributed by atoms with Crippen molar-refractivity contribution in [1.82, 2.24) is 4.98 Å². The van der Waals surface area contributed by atoms with Gasteiger partial charge < -0.3 is 4.74 Å². The molecule has 0 fully saturated rings. The first-order valence-corrected chi connectivity index (χ1v) is 7.51. The molecule has 0 N–H and O–H groups in total. The molecule has 4 rings (SSSR count). The molecule has 3 aromatic rings. The Morgan fingerprint density at radius 2 is 2.04 bits per heavy atom. The second kappa shape index (κ2) is 5.36. The normalized spacial score (nSPS) is 15.2. The van der Waals surface area contributed by atoms with Gasteiger partial charge in [-0.1, -0.05) is 18.2 Å². The Labute approximate surface area is 134 Å². The first-order chi connectivity index (χ1) is 11.2. The fraction of sp³-hybridized carbons (Fsp3) is 0.100. The number of hydrogen-bond donors (Lipinski definition) is 0. The van der Waals surface area contributed by atoms with Crippen LogP contribution in [0.2, 0.25) is 0 Å². The number of aromatic nitrogens is 1. The lowest BCUT2D eigenvalue weighted by Crippen LogP contribution is -1.96. The van der Waals surface area contributed by atoms with Crippen LogP contribution in [-0.2, 0) is 6.42 Å². The molecule has 3 nitrogen and oxygen atoms in total. The first kappa shape index (κ1) is 13.7. The number of hydrogen-bond acceptors (Lipinski definition) is 3. The lowest BCUT2D eigenvalue weighted by Gasteiger charge is -2.01. The van der Waals surface area contributed by atoms with Crippen LogP contribution < -0.4 is 4.74 Å². The molecular weight excluding hydrogens is 286 g/mol. The van der Waals surface area contributed by atoms with Gasteiger partial charge in [0, 0.05) is 29.1 Å². The van der Waals surface area contributed by atoms with Crippen molar-refractivity contribution in [2.75, 3.05) is 7.11 Å². The van der Waals surface area contributed by atoms with E-state index < -0.39 is 0 Å². The van der Waals surface area contributed by atoms with Crippen molar-refractivity contribution in [3.05, 3.63) is 77.0 Å². The third-order valence-electron chi connectivity index (χ3n) is 4.20. The molecule has 0 amide bonds. The molecule has 0 unspecified atom stereocenters. The zero-order valence-electron chi connectivity index (χ0n) is 12.7. The van der Waals surface area contributed by atoms with Crippen molar-refractivity contribution in [1.29, 1.82) is 0 Å². The van der Waals surface area contributed by atoms with E-state index in [4.69, 9.17) is 4.74 Å². The van der Waals surface area contributed by atoms with Crippen molar-refractivity contribution in [2.45, 2.75) is 6.42 Å². The summed E-state index contributed by atoms with van der Waals surface area (Å²) in [5, 5.41) is 1.08. The summed E-state index contributed by atoms with van der Waals surface area (Å²) in [5.74, 6) is 0.806. The van der Waals surface area contributed by atoms with Crippen molar-refractivity contribution in [2.24, 2.45) is 0 Å². The number of benzene rings is 2. The lowest BCUT2D eigenvalue weighted by atomic mass is 10.1. The van der Waals surface area contributed by atoms with Gasteiger partial charge in [-0.15, -0.1) is 0 Å². The van der Waals surface area contributed by atoms with E-state index in [0.29, 0.717) is 6.42 Å². The monoisotopic (exact) mass is 301 g/mol. The Morgan fingerprint density at radius 3 is 2.91 bits per heavy atom. The highest BCUT2D eigenvalue weighted by molar-refractivity contribution is 6.15. The number of methoxy groups -OCH3 is 1. The van der Waals surface area contributed by atoms with Crippen LogP contribution in [0, 0.1) is 0 Å². The summed E-state index contributed by atoms with van der Waals surface area (Å²) in [4.78, 5) is 16.9. The maximum atomic E-state index is 12.6. The van der Waals surface area contributed by atoms with Crippen LogP contribution in [0.5, 0.6) is 5.75 Å². The average molecular weight is 301 g/mol. The van der Waals surface area contributed by atoms with E-state index in [2.05, 4.69) is 11.1 Å². The maximum Gasteiger partial charge on any atom is 0.189 e. The van der Waals surface area contributed by atoms with Gasteiger partial charge >= 0.3 is 0 Å². The molecule has 1 aromatic heterocycles. The molecule has 0 atom stereocenters. The molecule has 0 saturated carbocycles. The predicted molar refractivity (Wildman–Crippen MR) is 90.7 cm³/mol. The third-order valence-corrected chi connectivity index (χ3v) is 4.20. The Kier molecular flexibility index (Phi) is 3.19. The number of rotatable bonds is 2. The number of allylic oxidation sites excluding steroid dienone is 1. The number of ketones is 1. The molecule has 1 aliphatic carbocycles. The molecule has 0 saturated heterocycles. The van der Waals surface area contributed by atoms with E-state index in [0.717, 1.165) is 38.9 Å². The summed E-state index contributed by atoms with van der Waals surface area (Å²) in [6, 6.07) is 15.7. The quantitative estimate of drug-likeness (QED) is 0.670. The van der Waals surface area contributed by atoms with E-state index in [-0.39, 0.29) is 5.78 Å². The summed E-state index contributed by atoms with van der Waals surface area (Å²) < 4.78 is 5.21. The van der Waals surface area contributed by atoms with Crippen LogP contribution in [0.15, 0.2) is 60.3 Å². The van der Waals surface area contributed by atoms with Gasteiger partial charge in [0.15, 0.2) is 5.78 Å². The molecule has 112 valence electrons. The number of ether oxygens (including phenoxy) is 1. The van der Waals surface area contributed by atoms with Gasteiger partial charge in [-0.05, 0) is 47.5 Å². The number of carbonyl (C=O) groups excluding carboxylic acids is 1. The summed E-state index contributed by atoms with van der Waals surface area (Å²) in [5.41, 5.74) is 4.60. The molecule has 3 heteroatoms. The van der Waals surface area contributed by atoms with Crippen molar-refractivity contribution in [3.8, 4) is 5.75 Å². The molecule has 0 bridgehead atoms. The van der Waals surface area contributed by atoms with Crippen LogP contribution in [-0.4, -0.2) is 17.9 Å². The van der Waals surface area contributed by atoms with Gasteiger partial charge in [-0.3, -0.25) is 9.78 Å². The molecule has 1 heterocycles. The first-order valence-electron chi connectivity index (χ1n) is 7.51. The zero-order chi connectivity index (χ0) is 15.8. The fourth-order valence-corrected chi connectivity index (χ4v) is 3.01. The maximum absolute atomic E-state index is 12.6. The Balaban J connectivity index is 1.72. The van der Waals surface area contributed by atoms with Gasteiger partial charge in [0.2, 0.25) is 0 Å². The lowest BCUT2D eigenvalue weighted by molar-refractivity contribution is 0.104. The molecule has 0 aliphatic heterocycles. The summed E-state index contributed by atoms with van der Waals surface area (Å²) >= 11 is 0. The summed E-state index contributed by atoms with van der Waals surface area (Å²) in [6.07, 6.45) is 4.43. The Morgan fingerprint density at radius 1 is 1.13 bits per heavy atom. The van der Waals surface area contributed by atoms with Crippen molar-refractivity contribution >= 4 is 22.8 Å². The molecule has 1 aliphatic rings. The summed E-state index contributed by atoms with van der Waals surface area (Å²) in [7, 11) is 1.61. The van der Waals surface area contributed by atoms with Crippen LogP contribution >= 0.6 is 0 Å². The average Bonchev–Trinajstić information content (AvgIpc) is 2.90. The van der Waals surface area contributed by atoms with E-state index in [1.54, 1.807) is 13.3 Å². The highest BCUT2D eigenvalue weighted by Crippen LogP contribution is 2.31. The minimum atomic E-state index is 0.0881. The second-order valence-corrected chi connectivity index (χ2v) is 5.65. The number of carbonyl (C=O) groups is 1. The summed E-state index contributed by atoms with van der Waals surface area (Å²) in [6.45, 7) is 0. The largest absolute Gasteiger partial charge is 0.497 e. The van der Waals surface area contributed by atoms with Crippen LogP contribution in [0.4, 0.5) is 0 Å². The Bertz CT molecular complexity index is 957. The van der Waals surface area contributed by atoms with Gasteiger partial charge in [-0.2, -0.15) is 0 Å². The van der Waals surface area contributed by atoms with Gasteiger partial charge in [0.05, 0.1) is 12.6 Å². The third kappa shape index (κ3) is 2.40. The van der Waals surface area contributed by atoms with E-state index in [1.165, 1.54) is 0 Å². The van der Waals surface area contributed by atoms with Crippen LogP contribution in [0.3, 0.4) is 0 Å². The van der Waals surface area contributed by atoms with E-state index >= 15 is 0 Å². The minimum absolute atomic E-state index is 0.0881. The molecule has 0 radical (unpaired) electrons. The molecule has 23 heavy (non-hydrogen) atoms. The van der Waals surface area contributed by atoms with Crippen LogP contribution in [0.1, 0.15) is 21.5 Å². The van der Waals surface area contributed by atoms with Crippen molar-refractivity contribution < 1.29 is 9.53 Å². The Hall–Kier alpha value is -2.94. The number of fused-ring (bicyclic) bond motifs is 2.